The Balaban J connectivity index is 1.74. The van der Waals surface area contributed by atoms with Crippen molar-refractivity contribution in [3.05, 3.63) is 52.6 Å². The van der Waals surface area contributed by atoms with Crippen LogP contribution in [-0.4, -0.2) is 28.2 Å². The van der Waals surface area contributed by atoms with Crippen LogP contribution in [0.15, 0.2) is 29.6 Å². The van der Waals surface area contributed by atoms with Crippen LogP contribution in [0.25, 0.3) is 10.6 Å². The third-order valence-electron chi connectivity index (χ3n) is 4.06. The molecule has 25 heavy (non-hydrogen) atoms. The van der Waals surface area contributed by atoms with Gasteiger partial charge < -0.3 is 4.57 Å². The van der Waals surface area contributed by atoms with Crippen LogP contribution in [0.3, 0.4) is 0 Å². The molecule has 0 atom stereocenters. The van der Waals surface area contributed by atoms with Gasteiger partial charge in [-0.05, 0) is 18.9 Å². The Hall–Kier alpha value is -2.06. The minimum atomic E-state index is -3.36. The second-order valence-electron chi connectivity index (χ2n) is 5.95. The molecule has 0 bridgehead atoms. The Morgan fingerprint density at radius 1 is 1.12 bits per heavy atom. The highest BCUT2D eigenvalue weighted by Gasteiger charge is 2.19. The minimum Gasteiger partial charge on any atom is -0.317 e. The quantitative estimate of drug-likeness (QED) is 0.661. The first-order chi connectivity index (χ1) is 11.9. The molecule has 1 aromatic carbocycles. The number of aromatic nitrogens is 4. The Kier molecular flexibility index (Phi) is 5.01. The van der Waals surface area contributed by atoms with Gasteiger partial charge in [-0.25, -0.2) is 13.4 Å². The Bertz CT molecular complexity index is 973. The maximum absolute atomic E-state index is 12.4. The molecule has 0 fully saturated rings. The van der Waals surface area contributed by atoms with Crippen LogP contribution in [0, 0.1) is 6.92 Å². The molecule has 0 aliphatic carbocycles. The number of aryl methyl sites for hydroxylation is 2. The normalized spacial score (nSPS) is 11.8. The summed E-state index contributed by atoms with van der Waals surface area (Å²) in [5.41, 5.74) is 2.84. The van der Waals surface area contributed by atoms with E-state index in [1.54, 1.807) is 18.5 Å². The first-order valence-electron chi connectivity index (χ1n) is 7.97. The average Bonchev–Trinajstić information content (AvgIpc) is 3.16. The van der Waals surface area contributed by atoms with Gasteiger partial charge in [0, 0.05) is 18.0 Å². The predicted octanol–water partition coefficient (Wildman–Crippen LogP) is 2.92. The summed E-state index contributed by atoms with van der Waals surface area (Å²) in [6, 6.07) is 8.20. The standard InChI is InChI=1S/C17H20N4O2S2/c1-4-13-5-7-14(8-6-13)17-18-15(9-24-17)10-25(22,23)11-16-20-19-12(2)21(16)3/h5-9H,4,10-11H2,1-3H3. The van der Waals surface area contributed by atoms with Crippen molar-refractivity contribution < 1.29 is 8.42 Å². The van der Waals surface area contributed by atoms with Crippen LogP contribution in [0.2, 0.25) is 0 Å². The molecule has 0 aliphatic rings. The van der Waals surface area contributed by atoms with Crippen molar-refractivity contribution in [3.63, 3.8) is 0 Å². The summed E-state index contributed by atoms with van der Waals surface area (Å²) in [6.07, 6.45) is 0.989. The molecule has 3 rings (SSSR count). The molecule has 0 radical (unpaired) electrons. The molecule has 132 valence electrons. The summed E-state index contributed by atoms with van der Waals surface area (Å²) in [7, 11) is -1.59. The summed E-state index contributed by atoms with van der Waals surface area (Å²) in [5, 5.41) is 10.5. The third-order valence-corrected chi connectivity index (χ3v) is 6.43. The molecule has 0 spiro atoms. The van der Waals surface area contributed by atoms with E-state index in [0.717, 1.165) is 17.0 Å². The summed E-state index contributed by atoms with van der Waals surface area (Å²) in [5.74, 6) is 0.907. The van der Waals surface area contributed by atoms with Gasteiger partial charge in [0.2, 0.25) is 0 Å². The van der Waals surface area contributed by atoms with Gasteiger partial charge in [-0.1, -0.05) is 31.2 Å². The SMILES string of the molecule is CCc1ccc(-c2nc(CS(=O)(=O)Cc3nnc(C)n3C)cs2)cc1. The summed E-state index contributed by atoms with van der Waals surface area (Å²) in [4.78, 5) is 4.49. The van der Waals surface area contributed by atoms with Crippen LogP contribution < -0.4 is 0 Å². The number of nitrogens with zero attached hydrogens (tertiary/aromatic N) is 4. The zero-order valence-electron chi connectivity index (χ0n) is 14.4. The molecule has 2 heterocycles. The number of hydrogen-bond donors (Lipinski definition) is 0. The maximum Gasteiger partial charge on any atom is 0.163 e. The highest BCUT2D eigenvalue weighted by Crippen LogP contribution is 2.25. The fraction of sp³-hybridized carbons (Fsp3) is 0.353. The van der Waals surface area contributed by atoms with Crippen molar-refractivity contribution >= 4 is 21.2 Å². The van der Waals surface area contributed by atoms with Gasteiger partial charge in [0.25, 0.3) is 0 Å². The Morgan fingerprint density at radius 2 is 1.84 bits per heavy atom. The lowest BCUT2D eigenvalue weighted by molar-refractivity contribution is 0.591. The lowest BCUT2D eigenvalue weighted by Crippen LogP contribution is -2.12. The zero-order chi connectivity index (χ0) is 18.0. The molecule has 8 heteroatoms. The van der Waals surface area contributed by atoms with Gasteiger partial charge in [-0.3, -0.25) is 0 Å². The average molecular weight is 377 g/mol. The van der Waals surface area contributed by atoms with Gasteiger partial charge in [-0.2, -0.15) is 0 Å². The van der Waals surface area contributed by atoms with E-state index in [1.165, 1.54) is 16.9 Å². The molecule has 0 amide bonds. The van der Waals surface area contributed by atoms with Gasteiger partial charge in [0.15, 0.2) is 9.84 Å². The van der Waals surface area contributed by atoms with Crippen molar-refractivity contribution in [2.45, 2.75) is 31.8 Å². The second-order valence-corrected chi connectivity index (χ2v) is 8.87. The Labute approximate surface area is 151 Å². The maximum atomic E-state index is 12.4. The van der Waals surface area contributed by atoms with Gasteiger partial charge >= 0.3 is 0 Å². The van der Waals surface area contributed by atoms with Crippen LogP contribution in [-0.2, 0) is 34.8 Å². The van der Waals surface area contributed by atoms with E-state index in [1.807, 2.05) is 17.5 Å². The summed E-state index contributed by atoms with van der Waals surface area (Å²) < 4.78 is 26.6. The largest absolute Gasteiger partial charge is 0.317 e. The number of thiazole rings is 1. The molecule has 6 nitrogen and oxygen atoms in total. The second kappa shape index (κ2) is 7.05. The number of sulfone groups is 1. The topological polar surface area (TPSA) is 77.7 Å². The smallest absolute Gasteiger partial charge is 0.163 e. The molecule has 3 aromatic rings. The lowest BCUT2D eigenvalue weighted by Gasteiger charge is -2.03. The van der Waals surface area contributed by atoms with E-state index < -0.39 is 9.84 Å². The van der Waals surface area contributed by atoms with E-state index in [-0.39, 0.29) is 11.5 Å². The Morgan fingerprint density at radius 3 is 2.44 bits per heavy atom. The zero-order valence-corrected chi connectivity index (χ0v) is 16.1. The molecular weight excluding hydrogens is 356 g/mol. The molecule has 0 saturated heterocycles. The minimum absolute atomic E-state index is 0.0948. The van der Waals surface area contributed by atoms with Crippen LogP contribution in [0.1, 0.15) is 29.8 Å². The molecule has 0 saturated carbocycles. The van der Waals surface area contributed by atoms with E-state index >= 15 is 0 Å². The first kappa shape index (κ1) is 17.8. The molecule has 0 aliphatic heterocycles. The van der Waals surface area contributed by atoms with Crippen molar-refractivity contribution in [2.24, 2.45) is 7.05 Å². The van der Waals surface area contributed by atoms with Crippen LogP contribution in [0.5, 0.6) is 0 Å². The highest BCUT2D eigenvalue weighted by molar-refractivity contribution is 7.89. The monoisotopic (exact) mass is 376 g/mol. The van der Waals surface area contributed by atoms with Gasteiger partial charge in [0.1, 0.15) is 22.4 Å². The fourth-order valence-corrected chi connectivity index (χ4v) is 4.72. The number of rotatable bonds is 6. The van der Waals surface area contributed by atoms with E-state index in [0.29, 0.717) is 17.3 Å². The van der Waals surface area contributed by atoms with Gasteiger partial charge in [0.05, 0.1) is 11.4 Å². The van der Waals surface area contributed by atoms with E-state index in [4.69, 9.17) is 0 Å². The van der Waals surface area contributed by atoms with Crippen molar-refractivity contribution in [3.8, 4) is 10.6 Å². The first-order valence-corrected chi connectivity index (χ1v) is 10.7. The molecule has 2 aromatic heterocycles. The van der Waals surface area contributed by atoms with Crippen LogP contribution >= 0.6 is 11.3 Å². The lowest BCUT2D eigenvalue weighted by atomic mass is 10.1. The molecule has 0 unspecified atom stereocenters. The third kappa shape index (κ3) is 4.13. The highest BCUT2D eigenvalue weighted by atomic mass is 32.2. The summed E-state index contributed by atoms with van der Waals surface area (Å²) in [6.45, 7) is 3.90. The predicted molar refractivity (Wildman–Crippen MR) is 99.0 cm³/mol. The fourth-order valence-electron chi connectivity index (χ4n) is 2.44. The number of hydrogen-bond acceptors (Lipinski definition) is 6. The van der Waals surface area contributed by atoms with Crippen molar-refractivity contribution in [1.29, 1.82) is 0 Å². The van der Waals surface area contributed by atoms with Crippen LogP contribution in [0.4, 0.5) is 0 Å². The van der Waals surface area contributed by atoms with Gasteiger partial charge in [-0.15, -0.1) is 21.5 Å². The molecule has 0 N–H and O–H groups in total. The van der Waals surface area contributed by atoms with E-state index in [2.05, 4.69) is 34.2 Å². The summed E-state index contributed by atoms with van der Waals surface area (Å²) >= 11 is 1.46. The molecular formula is C17H20N4O2S2. The van der Waals surface area contributed by atoms with Crippen molar-refractivity contribution in [1.82, 2.24) is 19.7 Å². The van der Waals surface area contributed by atoms with Crippen molar-refractivity contribution in [2.75, 3.05) is 0 Å². The number of benzene rings is 1. The van der Waals surface area contributed by atoms with E-state index in [9.17, 15) is 8.42 Å².